The fraction of sp³-hybridized carbons (Fsp3) is 0.727. The Hall–Kier alpha value is -0.910. The summed E-state index contributed by atoms with van der Waals surface area (Å²) in [6.45, 7) is 7.77. The fourth-order valence-electron chi connectivity index (χ4n) is 1.78. The maximum absolute atomic E-state index is 12.2. The summed E-state index contributed by atoms with van der Waals surface area (Å²) in [4.78, 5) is 17.0. The molecule has 0 spiro atoms. The summed E-state index contributed by atoms with van der Waals surface area (Å²) in [5, 5.41) is 9.52. The molecule has 1 amide bonds. The topological polar surface area (TPSA) is 54.3 Å². The molecule has 96 valence electrons. The lowest BCUT2D eigenvalue weighted by molar-refractivity contribution is -0.127. The second-order valence-electron chi connectivity index (χ2n) is 5.05. The van der Waals surface area contributed by atoms with Crippen molar-refractivity contribution in [2.24, 2.45) is 15.7 Å². The molecule has 0 aromatic heterocycles. The minimum Gasteiger partial charge on any atom is -0.399 e. The molecule has 0 radical (unpaired) electrons. The van der Waals surface area contributed by atoms with Crippen LogP contribution < -0.4 is 0 Å². The zero-order valence-corrected chi connectivity index (χ0v) is 12.6. The highest BCUT2D eigenvalue weighted by Crippen LogP contribution is 2.38. The van der Waals surface area contributed by atoms with Gasteiger partial charge in [0.05, 0.1) is 11.4 Å². The smallest absolute Gasteiger partial charge is 0.271 e. The summed E-state index contributed by atoms with van der Waals surface area (Å²) >= 11 is 3.49. The van der Waals surface area contributed by atoms with Crippen molar-refractivity contribution in [2.45, 2.75) is 32.0 Å². The largest absolute Gasteiger partial charge is 0.399 e. The van der Waals surface area contributed by atoms with Crippen molar-refractivity contribution >= 4 is 33.3 Å². The number of carbonyl (C=O) groups excluding carboxylic acids is 1. The van der Waals surface area contributed by atoms with Gasteiger partial charge in [0.25, 0.3) is 5.91 Å². The normalized spacial score (nSPS) is 26.3. The van der Waals surface area contributed by atoms with E-state index in [9.17, 15) is 4.79 Å². The van der Waals surface area contributed by atoms with Gasteiger partial charge in [-0.25, -0.2) is 5.01 Å². The molecule has 0 aromatic carbocycles. The molecule has 0 N–H and O–H groups in total. The Morgan fingerprint density at radius 2 is 2.06 bits per heavy atom. The summed E-state index contributed by atoms with van der Waals surface area (Å²) in [6, 6.07) is 0. The molecule has 6 heteroatoms. The van der Waals surface area contributed by atoms with E-state index in [0.29, 0.717) is 5.71 Å². The lowest BCUT2D eigenvalue weighted by Gasteiger charge is -2.28. The first-order chi connectivity index (χ1) is 7.65. The van der Waals surface area contributed by atoms with E-state index in [-0.39, 0.29) is 11.3 Å². The lowest BCUT2D eigenvalue weighted by Crippen LogP contribution is -2.50. The maximum Gasteiger partial charge on any atom is 0.271 e. The molecule has 1 heterocycles. The maximum atomic E-state index is 12.2. The molecule has 0 saturated heterocycles. The van der Waals surface area contributed by atoms with Crippen molar-refractivity contribution in [3.8, 4) is 0 Å². The van der Waals surface area contributed by atoms with Crippen LogP contribution >= 0.6 is 15.9 Å². The molecule has 17 heavy (non-hydrogen) atoms. The molecular weight excluding hydrogens is 286 g/mol. The van der Waals surface area contributed by atoms with E-state index < -0.39 is 4.32 Å². The van der Waals surface area contributed by atoms with Crippen LogP contribution in [0.15, 0.2) is 10.3 Å². The number of halogens is 1. The Bertz CT molecular complexity index is 398. The predicted molar refractivity (Wildman–Crippen MR) is 71.4 cm³/mol. The molecule has 0 aliphatic carbocycles. The standard InChI is InChI=1S/C11H18BrN3O2/c1-7(14-17-6)11(12)8(10(2,3)4)13-15(5)9(11)16/h1-6H3/b14-7+. The van der Waals surface area contributed by atoms with Crippen LogP contribution in [0.3, 0.4) is 0 Å². The molecule has 1 unspecified atom stereocenters. The van der Waals surface area contributed by atoms with Gasteiger partial charge >= 0.3 is 0 Å². The Balaban J connectivity index is 3.34. The summed E-state index contributed by atoms with van der Waals surface area (Å²) in [7, 11) is 3.09. The molecule has 0 fully saturated rings. The second kappa shape index (κ2) is 4.40. The third-order valence-corrected chi connectivity index (χ3v) is 3.89. The average Bonchev–Trinajstić information content (AvgIpc) is 2.43. The van der Waals surface area contributed by atoms with Gasteiger partial charge in [-0.05, 0) is 6.92 Å². The van der Waals surface area contributed by atoms with E-state index in [1.54, 1.807) is 14.0 Å². The minimum atomic E-state index is -0.990. The van der Waals surface area contributed by atoms with Gasteiger partial charge in [0.1, 0.15) is 7.11 Å². The van der Waals surface area contributed by atoms with Crippen LogP contribution in [0.5, 0.6) is 0 Å². The highest BCUT2D eigenvalue weighted by molar-refractivity contribution is 9.11. The van der Waals surface area contributed by atoms with Gasteiger partial charge in [-0.2, -0.15) is 5.10 Å². The number of hydrazone groups is 1. The summed E-state index contributed by atoms with van der Waals surface area (Å²) in [6.07, 6.45) is 0. The first-order valence-corrected chi connectivity index (χ1v) is 6.09. The molecule has 0 saturated carbocycles. The molecule has 1 aliphatic heterocycles. The van der Waals surface area contributed by atoms with Gasteiger partial charge in [-0.3, -0.25) is 4.79 Å². The van der Waals surface area contributed by atoms with Gasteiger partial charge in [0.2, 0.25) is 0 Å². The SMILES string of the molecule is CO/N=C(\C)C1(Br)C(=O)N(C)N=C1C(C)(C)C. The summed E-state index contributed by atoms with van der Waals surface area (Å²) < 4.78 is -0.990. The monoisotopic (exact) mass is 303 g/mol. The van der Waals surface area contributed by atoms with Crippen LogP contribution in [-0.2, 0) is 9.63 Å². The van der Waals surface area contributed by atoms with Crippen LogP contribution in [0.2, 0.25) is 0 Å². The van der Waals surface area contributed by atoms with Gasteiger partial charge in [-0.15, -0.1) is 0 Å². The van der Waals surface area contributed by atoms with Gasteiger partial charge < -0.3 is 4.84 Å². The predicted octanol–water partition coefficient (Wildman–Crippen LogP) is 2.02. The van der Waals surface area contributed by atoms with Crippen LogP contribution in [0.1, 0.15) is 27.7 Å². The molecule has 1 atom stereocenters. The Morgan fingerprint density at radius 1 is 1.53 bits per heavy atom. The average molecular weight is 304 g/mol. The second-order valence-corrected chi connectivity index (χ2v) is 6.23. The van der Waals surface area contributed by atoms with E-state index in [4.69, 9.17) is 4.84 Å². The van der Waals surface area contributed by atoms with Crippen LogP contribution in [-0.4, -0.2) is 40.8 Å². The third-order valence-electron chi connectivity index (χ3n) is 2.60. The molecular formula is C11H18BrN3O2. The molecule has 5 nitrogen and oxygen atoms in total. The zero-order valence-electron chi connectivity index (χ0n) is 11.0. The van der Waals surface area contributed by atoms with E-state index in [1.807, 2.05) is 20.8 Å². The Labute approximate surface area is 110 Å². The summed E-state index contributed by atoms with van der Waals surface area (Å²) in [5.74, 6) is -0.152. The number of alkyl halides is 1. The van der Waals surface area contributed by atoms with Gasteiger partial charge in [0, 0.05) is 12.5 Å². The number of amides is 1. The molecule has 1 aliphatic rings. The first kappa shape index (κ1) is 14.2. The van der Waals surface area contributed by atoms with Gasteiger partial charge in [-0.1, -0.05) is 41.9 Å². The summed E-state index contributed by atoms with van der Waals surface area (Å²) in [5.41, 5.74) is 1.04. The minimum absolute atomic E-state index is 0.152. The number of rotatable bonds is 2. The van der Waals surface area contributed by atoms with Crippen molar-refractivity contribution in [2.75, 3.05) is 14.2 Å². The molecule has 0 aromatic rings. The third kappa shape index (κ3) is 2.22. The number of oxime groups is 1. The number of hydrogen-bond donors (Lipinski definition) is 0. The fourth-order valence-corrected chi connectivity index (χ4v) is 2.78. The van der Waals surface area contributed by atoms with Crippen molar-refractivity contribution in [1.29, 1.82) is 0 Å². The quantitative estimate of drug-likeness (QED) is 0.445. The number of hydrogen-bond acceptors (Lipinski definition) is 4. The van der Waals surface area contributed by atoms with E-state index in [1.165, 1.54) is 12.1 Å². The van der Waals surface area contributed by atoms with Crippen LogP contribution in [0.4, 0.5) is 0 Å². The van der Waals surface area contributed by atoms with Crippen molar-refractivity contribution in [3.05, 3.63) is 0 Å². The number of nitrogens with zero attached hydrogens (tertiary/aromatic N) is 3. The Morgan fingerprint density at radius 3 is 2.47 bits per heavy atom. The Kier molecular flexibility index (Phi) is 3.66. The first-order valence-electron chi connectivity index (χ1n) is 5.30. The van der Waals surface area contributed by atoms with E-state index in [2.05, 4.69) is 26.2 Å². The van der Waals surface area contributed by atoms with Crippen molar-refractivity contribution in [3.63, 3.8) is 0 Å². The van der Waals surface area contributed by atoms with E-state index >= 15 is 0 Å². The number of carbonyl (C=O) groups is 1. The highest BCUT2D eigenvalue weighted by Gasteiger charge is 2.54. The van der Waals surface area contributed by atoms with Crippen molar-refractivity contribution < 1.29 is 9.63 Å². The van der Waals surface area contributed by atoms with Gasteiger partial charge in [0.15, 0.2) is 4.32 Å². The van der Waals surface area contributed by atoms with Crippen LogP contribution in [0, 0.1) is 5.41 Å². The highest BCUT2D eigenvalue weighted by atomic mass is 79.9. The van der Waals surface area contributed by atoms with Crippen molar-refractivity contribution in [1.82, 2.24) is 5.01 Å². The molecule has 0 bridgehead atoms. The zero-order chi connectivity index (χ0) is 13.4. The van der Waals surface area contributed by atoms with Crippen LogP contribution in [0.25, 0.3) is 0 Å². The lowest BCUT2D eigenvalue weighted by atomic mass is 9.80. The molecule has 1 rings (SSSR count). The van der Waals surface area contributed by atoms with E-state index in [0.717, 1.165) is 5.71 Å².